The van der Waals surface area contributed by atoms with Crippen LogP contribution in [0.2, 0.25) is 10.0 Å². The minimum absolute atomic E-state index is 0.0480. The van der Waals surface area contributed by atoms with Crippen molar-refractivity contribution in [2.45, 2.75) is 57.7 Å². The average Bonchev–Trinajstić information content (AvgIpc) is 3.22. The number of nitrogens with zero attached hydrogens (tertiary/aromatic N) is 1. The molecule has 1 N–H and O–H groups in total. The number of rotatable bonds is 7. The maximum absolute atomic E-state index is 13.2. The van der Waals surface area contributed by atoms with Gasteiger partial charge in [0, 0.05) is 22.6 Å². The molecule has 1 aliphatic rings. The summed E-state index contributed by atoms with van der Waals surface area (Å²) in [5.41, 5.74) is 1.55. The first kappa shape index (κ1) is 21.7. The second kappa shape index (κ2) is 10.1. The summed E-state index contributed by atoms with van der Waals surface area (Å²) in [6, 6.07) is 14.5. The number of carbonyl (C=O) groups is 2. The first-order valence-corrected chi connectivity index (χ1v) is 10.8. The molecule has 0 aromatic heterocycles. The second-order valence-corrected chi connectivity index (χ2v) is 8.36. The Kier molecular flexibility index (Phi) is 7.57. The Morgan fingerprint density at radius 3 is 2.28 bits per heavy atom. The van der Waals surface area contributed by atoms with Gasteiger partial charge in [0.15, 0.2) is 0 Å². The van der Waals surface area contributed by atoms with E-state index in [0.717, 1.165) is 31.2 Å². The van der Waals surface area contributed by atoms with Gasteiger partial charge in [-0.15, -0.1) is 0 Å². The quantitative estimate of drug-likeness (QED) is 0.667. The van der Waals surface area contributed by atoms with Gasteiger partial charge >= 0.3 is 0 Å². The van der Waals surface area contributed by atoms with Gasteiger partial charge < -0.3 is 10.2 Å². The summed E-state index contributed by atoms with van der Waals surface area (Å²) in [7, 11) is 0. The molecule has 4 nitrogen and oxygen atoms in total. The number of halogens is 2. The molecule has 0 heterocycles. The van der Waals surface area contributed by atoms with Crippen LogP contribution in [0.1, 0.15) is 43.7 Å². The highest BCUT2D eigenvalue weighted by Crippen LogP contribution is 2.26. The first-order chi connectivity index (χ1) is 14.0. The average molecular weight is 433 g/mol. The molecule has 0 radical (unpaired) electrons. The van der Waals surface area contributed by atoms with Gasteiger partial charge in [0.25, 0.3) is 0 Å². The van der Waals surface area contributed by atoms with Gasteiger partial charge in [0.05, 0.1) is 6.42 Å². The van der Waals surface area contributed by atoms with Crippen molar-refractivity contribution in [1.29, 1.82) is 0 Å². The van der Waals surface area contributed by atoms with Crippen LogP contribution in [0.3, 0.4) is 0 Å². The highest BCUT2D eigenvalue weighted by Gasteiger charge is 2.29. The van der Waals surface area contributed by atoms with Gasteiger partial charge in [-0.25, -0.2) is 0 Å². The fourth-order valence-corrected chi connectivity index (χ4v) is 4.24. The standard InChI is InChI=1S/C23H26Cl2N2O2/c1-16(23(29)26-18-10-5-6-11-18)27(15-17-8-3-2-4-9-17)22(28)14-19-20(24)12-7-13-21(19)25/h2-4,7-9,12-13,16,18H,5-6,10-11,14-15H2,1H3,(H,26,29). The fourth-order valence-electron chi connectivity index (χ4n) is 3.71. The summed E-state index contributed by atoms with van der Waals surface area (Å²) in [5, 5.41) is 4.01. The normalized spacial score (nSPS) is 15.1. The molecule has 1 saturated carbocycles. The monoisotopic (exact) mass is 432 g/mol. The van der Waals surface area contributed by atoms with Crippen LogP contribution in [-0.2, 0) is 22.6 Å². The van der Waals surface area contributed by atoms with Crippen LogP contribution >= 0.6 is 23.2 Å². The molecule has 1 fully saturated rings. The highest BCUT2D eigenvalue weighted by atomic mass is 35.5. The van der Waals surface area contributed by atoms with E-state index in [9.17, 15) is 9.59 Å². The number of benzene rings is 2. The van der Waals surface area contributed by atoms with Crippen molar-refractivity contribution in [2.75, 3.05) is 0 Å². The maximum atomic E-state index is 13.2. The topological polar surface area (TPSA) is 49.4 Å². The molecule has 2 aromatic carbocycles. The van der Waals surface area contributed by atoms with Crippen molar-refractivity contribution >= 4 is 35.0 Å². The third-order valence-electron chi connectivity index (χ3n) is 5.45. The first-order valence-electron chi connectivity index (χ1n) is 10.0. The molecule has 0 aliphatic heterocycles. The van der Waals surface area contributed by atoms with E-state index in [2.05, 4.69) is 5.32 Å². The Hall–Kier alpha value is -2.04. The molecule has 0 bridgehead atoms. The van der Waals surface area contributed by atoms with E-state index >= 15 is 0 Å². The molecule has 0 spiro atoms. The second-order valence-electron chi connectivity index (χ2n) is 7.55. The van der Waals surface area contributed by atoms with E-state index in [1.165, 1.54) is 0 Å². The lowest BCUT2D eigenvalue weighted by Gasteiger charge is -2.30. The van der Waals surface area contributed by atoms with Crippen LogP contribution in [0.15, 0.2) is 48.5 Å². The smallest absolute Gasteiger partial charge is 0.242 e. The maximum Gasteiger partial charge on any atom is 0.242 e. The molecule has 2 amide bonds. The summed E-state index contributed by atoms with van der Waals surface area (Å²) in [5.74, 6) is -0.302. The van der Waals surface area contributed by atoms with Crippen molar-refractivity contribution in [3.05, 3.63) is 69.7 Å². The minimum Gasteiger partial charge on any atom is -0.352 e. The highest BCUT2D eigenvalue weighted by molar-refractivity contribution is 6.36. The van der Waals surface area contributed by atoms with E-state index in [-0.39, 0.29) is 24.3 Å². The Bertz CT molecular complexity index is 831. The van der Waals surface area contributed by atoms with E-state index in [1.807, 2.05) is 30.3 Å². The third kappa shape index (κ3) is 5.74. The fraction of sp³-hybridized carbons (Fsp3) is 0.391. The van der Waals surface area contributed by atoms with Crippen molar-refractivity contribution in [3.63, 3.8) is 0 Å². The van der Waals surface area contributed by atoms with Gasteiger partial charge in [0.1, 0.15) is 6.04 Å². The Balaban J connectivity index is 1.79. The summed E-state index contributed by atoms with van der Waals surface area (Å²) in [6.45, 7) is 2.13. The predicted octanol–water partition coefficient (Wildman–Crippen LogP) is 5.01. The molecule has 29 heavy (non-hydrogen) atoms. The molecule has 154 valence electrons. The van der Waals surface area contributed by atoms with Crippen LogP contribution < -0.4 is 5.32 Å². The molecule has 2 aromatic rings. The van der Waals surface area contributed by atoms with Crippen molar-refractivity contribution in [1.82, 2.24) is 10.2 Å². The zero-order chi connectivity index (χ0) is 20.8. The largest absolute Gasteiger partial charge is 0.352 e. The molecular weight excluding hydrogens is 407 g/mol. The van der Waals surface area contributed by atoms with E-state index in [1.54, 1.807) is 30.0 Å². The summed E-state index contributed by atoms with van der Waals surface area (Å²) < 4.78 is 0. The molecule has 3 rings (SSSR count). The summed E-state index contributed by atoms with van der Waals surface area (Å²) in [6.07, 6.45) is 4.32. The van der Waals surface area contributed by atoms with Gasteiger partial charge in [-0.05, 0) is 43.0 Å². The van der Waals surface area contributed by atoms with Crippen LogP contribution in [0, 0.1) is 0 Å². The molecule has 1 unspecified atom stereocenters. The van der Waals surface area contributed by atoms with Gasteiger partial charge in [0.2, 0.25) is 11.8 Å². The van der Waals surface area contributed by atoms with E-state index < -0.39 is 6.04 Å². The van der Waals surface area contributed by atoms with E-state index in [4.69, 9.17) is 23.2 Å². The lowest BCUT2D eigenvalue weighted by atomic mass is 10.1. The van der Waals surface area contributed by atoms with Crippen LogP contribution in [-0.4, -0.2) is 28.8 Å². The molecule has 1 aliphatic carbocycles. The van der Waals surface area contributed by atoms with Crippen LogP contribution in [0.4, 0.5) is 0 Å². The molecular formula is C23H26Cl2N2O2. The number of amides is 2. The molecule has 0 saturated heterocycles. The molecule has 1 atom stereocenters. The third-order valence-corrected chi connectivity index (χ3v) is 6.16. The van der Waals surface area contributed by atoms with Gasteiger partial charge in [-0.1, -0.05) is 72.4 Å². The Labute approximate surface area is 182 Å². The molecule has 6 heteroatoms. The predicted molar refractivity (Wildman–Crippen MR) is 117 cm³/mol. The SMILES string of the molecule is CC(C(=O)NC1CCCC1)N(Cc1ccccc1)C(=O)Cc1c(Cl)cccc1Cl. The van der Waals surface area contributed by atoms with Gasteiger partial charge in [-0.3, -0.25) is 9.59 Å². The number of hydrogen-bond acceptors (Lipinski definition) is 2. The van der Waals surface area contributed by atoms with Crippen LogP contribution in [0.5, 0.6) is 0 Å². The van der Waals surface area contributed by atoms with Crippen molar-refractivity contribution in [3.8, 4) is 0 Å². The number of hydrogen-bond donors (Lipinski definition) is 1. The Morgan fingerprint density at radius 2 is 1.66 bits per heavy atom. The van der Waals surface area contributed by atoms with Crippen molar-refractivity contribution in [2.24, 2.45) is 0 Å². The number of carbonyl (C=O) groups excluding carboxylic acids is 2. The minimum atomic E-state index is -0.593. The zero-order valence-corrected chi connectivity index (χ0v) is 18.0. The van der Waals surface area contributed by atoms with Gasteiger partial charge in [-0.2, -0.15) is 0 Å². The lowest BCUT2D eigenvalue weighted by molar-refractivity contribution is -0.140. The lowest BCUT2D eigenvalue weighted by Crippen LogP contribution is -2.50. The summed E-state index contributed by atoms with van der Waals surface area (Å²) >= 11 is 12.5. The Morgan fingerprint density at radius 1 is 1.03 bits per heavy atom. The zero-order valence-electron chi connectivity index (χ0n) is 16.5. The van der Waals surface area contributed by atoms with Crippen LogP contribution in [0.25, 0.3) is 0 Å². The van der Waals surface area contributed by atoms with Crippen molar-refractivity contribution < 1.29 is 9.59 Å². The van der Waals surface area contributed by atoms with E-state index in [0.29, 0.717) is 22.2 Å². The number of nitrogens with one attached hydrogen (secondary N) is 1. The summed E-state index contributed by atoms with van der Waals surface area (Å²) in [4.78, 5) is 27.7.